The first-order valence-corrected chi connectivity index (χ1v) is 4.23. The number of amides is 1. The summed E-state index contributed by atoms with van der Waals surface area (Å²) in [5.74, 6) is -0.706. The van der Waals surface area contributed by atoms with Gasteiger partial charge in [-0.25, -0.2) is 0 Å². The molecule has 0 saturated carbocycles. The van der Waals surface area contributed by atoms with Crippen LogP contribution in [-0.2, 0) is 14.3 Å². The van der Waals surface area contributed by atoms with Gasteiger partial charge in [0.2, 0.25) is 5.91 Å². The van der Waals surface area contributed by atoms with E-state index in [1.54, 1.807) is 13.8 Å². The Labute approximate surface area is 77.6 Å². The van der Waals surface area contributed by atoms with Crippen LogP contribution in [0, 0.1) is 0 Å². The summed E-state index contributed by atoms with van der Waals surface area (Å²) in [5, 5.41) is 2.80. The maximum absolute atomic E-state index is 10.9. The van der Waals surface area contributed by atoms with Crippen molar-refractivity contribution in [2.24, 2.45) is 5.73 Å². The molecule has 0 radical (unpaired) electrons. The second kappa shape index (κ2) is 6.42. The molecule has 3 N–H and O–H groups in total. The summed E-state index contributed by atoms with van der Waals surface area (Å²) in [6.07, 6.45) is 0.251. The number of ether oxygens (including phenoxy) is 1. The van der Waals surface area contributed by atoms with Crippen LogP contribution in [0.2, 0.25) is 0 Å². The van der Waals surface area contributed by atoms with Gasteiger partial charge >= 0.3 is 5.97 Å². The molecule has 0 bridgehead atoms. The lowest BCUT2D eigenvalue weighted by Crippen LogP contribution is -2.36. The standard InChI is InChI=1S/C8H16N2O3/c1-3-13-8(12)4-6(2)10-5-7(9)11/h6,10H,3-5H2,1-2H3,(H2,9,11). The third-order valence-corrected chi connectivity index (χ3v) is 1.40. The van der Waals surface area contributed by atoms with Gasteiger partial charge in [0.15, 0.2) is 0 Å². The molecular formula is C8H16N2O3. The molecule has 0 saturated heterocycles. The third kappa shape index (κ3) is 7.27. The van der Waals surface area contributed by atoms with E-state index in [1.165, 1.54) is 0 Å². The summed E-state index contributed by atoms with van der Waals surface area (Å²) in [6, 6.07) is -0.0912. The van der Waals surface area contributed by atoms with Crippen LogP contribution in [-0.4, -0.2) is 31.1 Å². The molecule has 0 aromatic heterocycles. The van der Waals surface area contributed by atoms with Crippen molar-refractivity contribution in [3.8, 4) is 0 Å². The first-order chi connectivity index (χ1) is 6.06. The number of esters is 1. The highest BCUT2D eigenvalue weighted by molar-refractivity contribution is 5.76. The van der Waals surface area contributed by atoms with E-state index in [2.05, 4.69) is 5.32 Å². The highest BCUT2D eigenvalue weighted by Crippen LogP contribution is 1.93. The van der Waals surface area contributed by atoms with E-state index in [-0.39, 0.29) is 25.0 Å². The zero-order chi connectivity index (χ0) is 10.3. The highest BCUT2D eigenvalue weighted by atomic mass is 16.5. The number of carbonyl (C=O) groups excluding carboxylic acids is 2. The highest BCUT2D eigenvalue weighted by Gasteiger charge is 2.09. The van der Waals surface area contributed by atoms with Gasteiger partial charge in [0.25, 0.3) is 0 Å². The molecule has 0 aliphatic carbocycles. The summed E-state index contributed by atoms with van der Waals surface area (Å²) in [5.41, 5.74) is 4.91. The number of hydrogen-bond acceptors (Lipinski definition) is 4. The molecule has 1 unspecified atom stereocenters. The van der Waals surface area contributed by atoms with Gasteiger partial charge in [0.05, 0.1) is 19.6 Å². The van der Waals surface area contributed by atoms with E-state index < -0.39 is 5.91 Å². The van der Waals surface area contributed by atoms with Gasteiger partial charge in [-0.1, -0.05) is 0 Å². The van der Waals surface area contributed by atoms with Crippen molar-refractivity contribution in [1.29, 1.82) is 0 Å². The van der Waals surface area contributed by atoms with Gasteiger partial charge in [-0.05, 0) is 13.8 Å². The molecule has 13 heavy (non-hydrogen) atoms. The Bertz CT molecular complexity index is 182. The largest absolute Gasteiger partial charge is 0.466 e. The van der Waals surface area contributed by atoms with Crippen molar-refractivity contribution >= 4 is 11.9 Å². The average molecular weight is 188 g/mol. The molecule has 0 aromatic rings. The zero-order valence-electron chi connectivity index (χ0n) is 8.00. The van der Waals surface area contributed by atoms with Crippen molar-refractivity contribution in [2.45, 2.75) is 26.3 Å². The first kappa shape index (κ1) is 11.9. The van der Waals surface area contributed by atoms with E-state index in [0.29, 0.717) is 6.61 Å². The normalized spacial score (nSPS) is 12.2. The van der Waals surface area contributed by atoms with Gasteiger partial charge in [-0.3, -0.25) is 9.59 Å². The SMILES string of the molecule is CCOC(=O)CC(C)NCC(N)=O. The number of nitrogens with two attached hydrogens (primary N) is 1. The lowest BCUT2D eigenvalue weighted by Gasteiger charge is -2.10. The van der Waals surface area contributed by atoms with Gasteiger partial charge in [-0.15, -0.1) is 0 Å². The monoisotopic (exact) mass is 188 g/mol. The third-order valence-electron chi connectivity index (χ3n) is 1.40. The second-order valence-corrected chi connectivity index (χ2v) is 2.76. The van der Waals surface area contributed by atoms with Gasteiger partial charge < -0.3 is 15.8 Å². The molecule has 0 aliphatic heterocycles. The molecule has 0 aliphatic rings. The Morgan fingerprint density at radius 2 is 2.15 bits per heavy atom. The fourth-order valence-corrected chi connectivity index (χ4v) is 0.817. The molecule has 1 atom stereocenters. The summed E-state index contributed by atoms with van der Waals surface area (Å²) in [7, 11) is 0. The van der Waals surface area contributed by atoms with Crippen molar-refractivity contribution < 1.29 is 14.3 Å². The molecule has 0 aromatic carbocycles. The Morgan fingerprint density at radius 1 is 1.54 bits per heavy atom. The second-order valence-electron chi connectivity index (χ2n) is 2.76. The zero-order valence-corrected chi connectivity index (χ0v) is 8.00. The van der Waals surface area contributed by atoms with Crippen LogP contribution in [0.3, 0.4) is 0 Å². The number of rotatable bonds is 6. The van der Waals surface area contributed by atoms with E-state index in [1.807, 2.05) is 0 Å². The van der Waals surface area contributed by atoms with Crippen molar-refractivity contribution in [2.75, 3.05) is 13.2 Å². The Morgan fingerprint density at radius 3 is 2.62 bits per heavy atom. The maximum Gasteiger partial charge on any atom is 0.307 e. The molecule has 1 amide bonds. The molecular weight excluding hydrogens is 172 g/mol. The number of hydrogen-bond donors (Lipinski definition) is 2. The van der Waals surface area contributed by atoms with Crippen LogP contribution >= 0.6 is 0 Å². The number of primary amides is 1. The topological polar surface area (TPSA) is 81.4 Å². The summed E-state index contributed by atoms with van der Waals surface area (Å²) in [6.45, 7) is 4.00. The minimum Gasteiger partial charge on any atom is -0.466 e. The average Bonchev–Trinajstić information content (AvgIpc) is 2.01. The molecule has 76 valence electrons. The molecule has 0 spiro atoms. The van der Waals surface area contributed by atoms with Crippen LogP contribution in [0.25, 0.3) is 0 Å². The Hall–Kier alpha value is -1.10. The predicted molar refractivity (Wildman–Crippen MR) is 47.9 cm³/mol. The summed E-state index contributed by atoms with van der Waals surface area (Å²) < 4.78 is 4.72. The molecule has 5 heteroatoms. The Balaban J connectivity index is 3.55. The van der Waals surface area contributed by atoms with E-state index >= 15 is 0 Å². The van der Waals surface area contributed by atoms with E-state index in [9.17, 15) is 9.59 Å². The van der Waals surface area contributed by atoms with Crippen LogP contribution in [0.15, 0.2) is 0 Å². The van der Waals surface area contributed by atoms with Crippen LogP contribution in [0.1, 0.15) is 20.3 Å². The van der Waals surface area contributed by atoms with Gasteiger partial charge in [0, 0.05) is 6.04 Å². The quantitative estimate of drug-likeness (QED) is 0.545. The van der Waals surface area contributed by atoms with Gasteiger partial charge in [-0.2, -0.15) is 0 Å². The van der Waals surface area contributed by atoms with E-state index in [4.69, 9.17) is 10.5 Å². The van der Waals surface area contributed by atoms with Crippen LogP contribution in [0.4, 0.5) is 0 Å². The van der Waals surface area contributed by atoms with Crippen LogP contribution < -0.4 is 11.1 Å². The smallest absolute Gasteiger partial charge is 0.307 e. The van der Waals surface area contributed by atoms with E-state index in [0.717, 1.165) is 0 Å². The number of nitrogens with one attached hydrogen (secondary N) is 1. The molecule has 5 nitrogen and oxygen atoms in total. The van der Waals surface area contributed by atoms with Gasteiger partial charge in [0.1, 0.15) is 0 Å². The summed E-state index contributed by atoms with van der Waals surface area (Å²) in [4.78, 5) is 21.3. The first-order valence-electron chi connectivity index (χ1n) is 4.23. The van der Waals surface area contributed by atoms with Crippen LogP contribution in [0.5, 0.6) is 0 Å². The Kier molecular flexibility index (Phi) is 5.88. The molecule has 0 heterocycles. The fourth-order valence-electron chi connectivity index (χ4n) is 0.817. The fraction of sp³-hybridized carbons (Fsp3) is 0.750. The lowest BCUT2D eigenvalue weighted by molar-refractivity contribution is -0.143. The van der Waals surface area contributed by atoms with Crippen molar-refractivity contribution in [3.05, 3.63) is 0 Å². The predicted octanol–water partition coefficient (Wildman–Crippen LogP) is -0.597. The molecule has 0 rings (SSSR count). The lowest BCUT2D eigenvalue weighted by atomic mass is 10.2. The number of carbonyl (C=O) groups is 2. The van der Waals surface area contributed by atoms with Crippen molar-refractivity contribution in [3.63, 3.8) is 0 Å². The summed E-state index contributed by atoms with van der Waals surface area (Å²) >= 11 is 0. The maximum atomic E-state index is 10.9. The minimum absolute atomic E-state index is 0.0839. The molecule has 0 fully saturated rings. The van der Waals surface area contributed by atoms with Crippen molar-refractivity contribution in [1.82, 2.24) is 5.32 Å². The minimum atomic E-state index is -0.435.